The molecule has 1 amide bonds. The smallest absolute Gasteiger partial charge is 0.292 e. The van der Waals surface area contributed by atoms with Crippen LogP contribution in [0.4, 0.5) is 11.4 Å². The Morgan fingerprint density at radius 1 is 1.20 bits per heavy atom. The Morgan fingerprint density at radius 3 is 2.52 bits per heavy atom. The van der Waals surface area contributed by atoms with Crippen molar-refractivity contribution >= 4 is 29.7 Å². The molecule has 0 unspecified atom stereocenters. The largest absolute Gasteiger partial charge is 0.362 e. The molecule has 0 radical (unpaired) electrons. The fourth-order valence-electron chi connectivity index (χ4n) is 3.93. The fraction of sp³-hybridized carbons (Fsp3) is 0.588. The highest BCUT2D eigenvalue weighted by Crippen LogP contribution is 2.33. The van der Waals surface area contributed by atoms with E-state index in [4.69, 9.17) is 5.73 Å². The van der Waals surface area contributed by atoms with Gasteiger partial charge in [0.1, 0.15) is 5.69 Å². The second-order valence-corrected chi connectivity index (χ2v) is 6.59. The third kappa shape index (κ3) is 4.04. The number of benzene rings is 1. The molecule has 1 aliphatic heterocycles. The average molecular weight is 369 g/mol. The van der Waals surface area contributed by atoms with Crippen molar-refractivity contribution in [2.45, 2.75) is 19.3 Å². The number of halogens is 1. The monoisotopic (exact) mass is 368 g/mol. The Kier molecular flexibility index (Phi) is 6.61. The van der Waals surface area contributed by atoms with E-state index in [9.17, 15) is 14.9 Å². The molecule has 138 valence electrons. The van der Waals surface area contributed by atoms with E-state index in [1.165, 1.54) is 6.07 Å². The maximum Gasteiger partial charge on any atom is 0.292 e. The normalized spacial score (nSPS) is 23.2. The number of para-hydroxylation sites is 2. The SMILES string of the molecule is Cl.NC[C@H]1CCC[C@H]1C(=O)N1CCN(c2ccccc2[N+](=O)[O-])CC1. The van der Waals surface area contributed by atoms with Gasteiger partial charge in [-0.3, -0.25) is 14.9 Å². The molecule has 1 saturated carbocycles. The molecule has 1 aromatic carbocycles. The van der Waals surface area contributed by atoms with E-state index in [0.717, 1.165) is 19.3 Å². The summed E-state index contributed by atoms with van der Waals surface area (Å²) < 4.78 is 0. The zero-order valence-electron chi connectivity index (χ0n) is 14.2. The van der Waals surface area contributed by atoms with Crippen molar-refractivity contribution in [3.63, 3.8) is 0 Å². The predicted molar refractivity (Wildman–Crippen MR) is 99.0 cm³/mol. The Hall–Kier alpha value is -1.86. The molecule has 8 heteroatoms. The molecule has 3 rings (SSSR count). The summed E-state index contributed by atoms with van der Waals surface area (Å²) in [6.07, 6.45) is 3.06. The molecule has 2 N–H and O–H groups in total. The number of hydrogen-bond donors (Lipinski definition) is 1. The number of carbonyl (C=O) groups excluding carboxylic acids is 1. The highest BCUT2D eigenvalue weighted by atomic mass is 35.5. The average Bonchev–Trinajstić information content (AvgIpc) is 3.10. The van der Waals surface area contributed by atoms with Gasteiger partial charge in [0, 0.05) is 38.2 Å². The van der Waals surface area contributed by atoms with Gasteiger partial charge in [0.25, 0.3) is 5.69 Å². The lowest BCUT2D eigenvalue weighted by Crippen LogP contribution is -2.51. The summed E-state index contributed by atoms with van der Waals surface area (Å²) in [6.45, 7) is 3.04. The highest BCUT2D eigenvalue weighted by molar-refractivity contribution is 5.85. The first kappa shape index (κ1) is 19.5. The van der Waals surface area contributed by atoms with Crippen LogP contribution in [0.2, 0.25) is 0 Å². The number of amides is 1. The summed E-state index contributed by atoms with van der Waals surface area (Å²) >= 11 is 0. The van der Waals surface area contributed by atoms with Gasteiger partial charge in [0.15, 0.2) is 0 Å². The molecule has 2 fully saturated rings. The topological polar surface area (TPSA) is 92.7 Å². The van der Waals surface area contributed by atoms with Crippen molar-refractivity contribution in [1.29, 1.82) is 0 Å². The lowest BCUT2D eigenvalue weighted by molar-refractivity contribution is -0.384. The van der Waals surface area contributed by atoms with Crippen molar-refractivity contribution < 1.29 is 9.72 Å². The minimum Gasteiger partial charge on any atom is -0.362 e. The first-order chi connectivity index (χ1) is 11.6. The molecule has 1 saturated heterocycles. The van der Waals surface area contributed by atoms with Gasteiger partial charge in [-0.05, 0) is 31.4 Å². The minimum atomic E-state index is -0.350. The minimum absolute atomic E-state index is 0. The summed E-state index contributed by atoms with van der Waals surface area (Å²) in [7, 11) is 0. The molecule has 0 bridgehead atoms. The van der Waals surface area contributed by atoms with Crippen molar-refractivity contribution in [3.05, 3.63) is 34.4 Å². The molecule has 1 aliphatic carbocycles. The van der Waals surface area contributed by atoms with Crippen LogP contribution in [-0.4, -0.2) is 48.5 Å². The van der Waals surface area contributed by atoms with Crippen LogP contribution < -0.4 is 10.6 Å². The van der Waals surface area contributed by atoms with Crippen molar-refractivity contribution in [2.24, 2.45) is 17.6 Å². The number of anilines is 1. The van der Waals surface area contributed by atoms with Crippen LogP contribution in [0.3, 0.4) is 0 Å². The van der Waals surface area contributed by atoms with Gasteiger partial charge in [0.05, 0.1) is 4.92 Å². The van der Waals surface area contributed by atoms with Crippen LogP contribution in [-0.2, 0) is 4.79 Å². The molecular formula is C17H25ClN4O3. The number of rotatable bonds is 4. The lowest BCUT2D eigenvalue weighted by atomic mass is 9.94. The second kappa shape index (κ2) is 8.49. The summed E-state index contributed by atoms with van der Waals surface area (Å²) in [5.74, 6) is 0.587. The maximum atomic E-state index is 12.7. The molecule has 25 heavy (non-hydrogen) atoms. The number of piperazine rings is 1. The van der Waals surface area contributed by atoms with Crippen LogP contribution in [0.5, 0.6) is 0 Å². The van der Waals surface area contributed by atoms with E-state index in [0.29, 0.717) is 44.3 Å². The summed E-state index contributed by atoms with van der Waals surface area (Å²) in [5.41, 5.74) is 6.55. The van der Waals surface area contributed by atoms with E-state index in [1.54, 1.807) is 12.1 Å². The van der Waals surface area contributed by atoms with E-state index >= 15 is 0 Å². The predicted octanol–water partition coefficient (Wildman–Crippen LogP) is 2.04. The van der Waals surface area contributed by atoms with Crippen LogP contribution in [0.25, 0.3) is 0 Å². The van der Waals surface area contributed by atoms with Gasteiger partial charge in [-0.25, -0.2) is 0 Å². The number of nitrogens with two attached hydrogens (primary N) is 1. The van der Waals surface area contributed by atoms with E-state index in [1.807, 2.05) is 15.9 Å². The Bertz CT molecular complexity index is 620. The van der Waals surface area contributed by atoms with Crippen molar-refractivity contribution in [1.82, 2.24) is 4.90 Å². The van der Waals surface area contributed by atoms with Gasteiger partial charge in [0.2, 0.25) is 5.91 Å². The van der Waals surface area contributed by atoms with E-state index < -0.39 is 0 Å². The number of nitro benzene ring substituents is 1. The highest BCUT2D eigenvalue weighted by Gasteiger charge is 2.36. The lowest BCUT2D eigenvalue weighted by Gasteiger charge is -2.37. The van der Waals surface area contributed by atoms with Crippen LogP contribution in [0, 0.1) is 22.0 Å². The summed E-state index contributed by atoms with van der Waals surface area (Å²) in [5, 5.41) is 11.2. The third-order valence-electron chi connectivity index (χ3n) is 5.29. The fourth-order valence-corrected chi connectivity index (χ4v) is 3.93. The molecule has 7 nitrogen and oxygen atoms in total. The first-order valence-corrected chi connectivity index (χ1v) is 8.59. The summed E-state index contributed by atoms with van der Waals surface area (Å²) in [6, 6.07) is 6.78. The van der Waals surface area contributed by atoms with Gasteiger partial charge < -0.3 is 15.5 Å². The summed E-state index contributed by atoms with van der Waals surface area (Å²) in [4.78, 5) is 27.5. The molecule has 2 atom stereocenters. The second-order valence-electron chi connectivity index (χ2n) is 6.59. The Balaban J connectivity index is 0.00000225. The van der Waals surface area contributed by atoms with Gasteiger partial charge in [-0.1, -0.05) is 18.6 Å². The van der Waals surface area contributed by atoms with Crippen molar-refractivity contribution in [3.8, 4) is 0 Å². The van der Waals surface area contributed by atoms with Crippen molar-refractivity contribution in [2.75, 3.05) is 37.6 Å². The first-order valence-electron chi connectivity index (χ1n) is 8.59. The number of nitrogens with zero attached hydrogens (tertiary/aromatic N) is 3. The van der Waals surface area contributed by atoms with Crippen LogP contribution in [0.15, 0.2) is 24.3 Å². The molecule has 1 heterocycles. The zero-order chi connectivity index (χ0) is 17.1. The third-order valence-corrected chi connectivity index (χ3v) is 5.29. The molecule has 1 aromatic rings. The Morgan fingerprint density at radius 2 is 1.88 bits per heavy atom. The van der Waals surface area contributed by atoms with E-state index in [-0.39, 0.29) is 34.8 Å². The van der Waals surface area contributed by atoms with Crippen LogP contribution >= 0.6 is 12.4 Å². The molecule has 0 aromatic heterocycles. The number of hydrogen-bond acceptors (Lipinski definition) is 5. The maximum absolute atomic E-state index is 12.7. The number of carbonyl (C=O) groups is 1. The Labute approximate surface area is 153 Å². The molecule has 0 spiro atoms. The van der Waals surface area contributed by atoms with Crippen LogP contribution in [0.1, 0.15) is 19.3 Å². The van der Waals surface area contributed by atoms with Gasteiger partial charge in [-0.2, -0.15) is 0 Å². The van der Waals surface area contributed by atoms with E-state index in [2.05, 4.69) is 0 Å². The standard InChI is InChI=1S/C17H24N4O3.ClH/c18-12-13-4-3-5-14(13)17(22)20-10-8-19(9-11-20)15-6-1-2-7-16(15)21(23)24;/h1-2,6-7,13-14H,3-5,8-12,18H2;1H/t13-,14-;/m1./s1. The molecule has 2 aliphatic rings. The molecular weight excluding hydrogens is 344 g/mol. The van der Waals surface area contributed by atoms with Gasteiger partial charge in [-0.15, -0.1) is 12.4 Å². The zero-order valence-corrected chi connectivity index (χ0v) is 15.0. The van der Waals surface area contributed by atoms with Gasteiger partial charge >= 0.3 is 0 Å². The number of nitro groups is 1. The quantitative estimate of drug-likeness (QED) is 0.648.